The van der Waals surface area contributed by atoms with Crippen LogP contribution in [0, 0.1) is 0 Å². The van der Waals surface area contributed by atoms with Gasteiger partial charge in [0.25, 0.3) is 0 Å². The Hall–Kier alpha value is -4.31. The molecule has 6 rings (SSSR count). The maximum atomic E-state index is 5.96. The van der Waals surface area contributed by atoms with Gasteiger partial charge >= 0.3 is 0 Å². The summed E-state index contributed by atoms with van der Waals surface area (Å²) >= 11 is 0. The largest absolute Gasteiger partial charge is 0.456 e. The lowest BCUT2D eigenvalue weighted by Crippen LogP contribution is -1.95. The average Bonchev–Trinajstić information content (AvgIpc) is 3.23. The molecule has 0 amide bonds. The number of nitrogens with zero attached hydrogens (tertiary/aromatic N) is 3. The van der Waals surface area contributed by atoms with Crippen LogP contribution in [0.2, 0.25) is 0 Å². The first-order valence-corrected chi connectivity index (χ1v) is 10.1. The van der Waals surface area contributed by atoms with Crippen molar-refractivity contribution >= 4 is 21.9 Å². The first-order valence-electron chi connectivity index (χ1n) is 10.1. The maximum Gasteiger partial charge on any atom is 0.163 e. The first-order chi connectivity index (χ1) is 15.3. The molecule has 0 aliphatic rings. The van der Waals surface area contributed by atoms with E-state index in [0.717, 1.165) is 44.2 Å². The molecule has 0 N–H and O–H groups in total. The highest BCUT2D eigenvalue weighted by Gasteiger charge is 2.10. The van der Waals surface area contributed by atoms with Crippen molar-refractivity contribution in [2.75, 3.05) is 0 Å². The van der Waals surface area contributed by atoms with E-state index in [4.69, 9.17) is 9.40 Å². The summed E-state index contributed by atoms with van der Waals surface area (Å²) in [5.74, 6) is 1.33. The molecule has 0 saturated heterocycles. The van der Waals surface area contributed by atoms with Crippen LogP contribution in [0.3, 0.4) is 0 Å². The Bertz CT molecular complexity index is 1540. The Morgan fingerprint density at radius 1 is 0.484 bits per heavy atom. The zero-order valence-corrected chi connectivity index (χ0v) is 16.6. The molecular weight excluding hydrogens is 382 g/mol. The quantitative estimate of drug-likeness (QED) is 0.329. The Balaban J connectivity index is 1.43. The molecule has 0 saturated carbocycles. The lowest BCUT2D eigenvalue weighted by molar-refractivity contribution is 0.669. The molecule has 0 bridgehead atoms. The summed E-state index contributed by atoms with van der Waals surface area (Å²) in [7, 11) is 0. The Kier molecular flexibility index (Phi) is 4.06. The summed E-state index contributed by atoms with van der Waals surface area (Å²) in [6.45, 7) is 0. The molecule has 0 radical (unpaired) electrons. The zero-order valence-electron chi connectivity index (χ0n) is 16.6. The molecule has 0 aliphatic heterocycles. The number of hydrogen-bond donors (Lipinski definition) is 0. The first kappa shape index (κ1) is 17.5. The van der Waals surface area contributed by atoms with Gasteiger partial charge in [-0.05, 0) is 35.4 Å². The number of rotatable bonds is 3. The lowest BCUT2D eigenvalue weighted by atomic mass is 10.0. The highest BCUT2D eigenvalue weighted by atomic mass is 16.3. The molecule has 146 valence electrons. The molecule has 4 nitrogen and oxygen atoms in total. The fourth-order valence-electron chi connectivity index (χ4n) is 3.91. The van der Waals surface area contributed by atoms with Crippen LogP contribution in [0.15, 0.2) is 108 Å². The van der Waals surface area contributed by atoms with Crippen LogP contribution < -0.4 is 0 Å². The minimum Gasteiger partial charge on any atom is -0.456 e. The van der Waals surface area contributed by atoms with Crippen LogP contribution in [0.1, 0.15) is 0 Å². The Morgan fingerprint density at radius 3 is 2.06 bits per heavy atom. The summed E-state index contributed by atoms with van der Waals surface area (Å²) in [5.41, 5.74) is 5.95. The van der Waals surface area contributed by atoms with Gasteiger partial charge in [0.15, 0.2) is 11.6 Å². The zero-order chi connectivity index (χ0) is 20.6. The van der Waals surface area contributed by atoms with E-state index >= 15 is 0 Å². The number of para-hydroxylation sites is 1. The maximum absolute atomic E-state index is 5.96. The molecule has 4 aromatic carbocycles. The van der Waals surface area contributed by atoms with Crippen molar-refractivity contribution in [1.82, 2.24) is 15.0 Å². The summed E-state index contributed by atoms with van der Waals surface area (Å²) in [4.78, 5) is 13.4. The van der Waals surface area contributed by atoms with Crippen LogP contribution in [0.5, 0.6) is 0 Å². The minimum atomic E-state index is 0.658. The summed E-state index contributed by atoms with van der Waals surface area (Å²) in [6, 6.07) is 32.7. The molecule has 0 spiro atoms. The third kappa shape index (κ3) is 3.15. The van der Waals surface area contributed by atoms with Gasteiger partial charge in [-0.15, -0.1) is 0 Å². The van der Waals surface area contributed by atoms with E-state index in [1.807, 2.05) is 66.7 Å². The van der Waals surface area contributed by atoms with E-state index < -0.39 is 0 Å². The van der Waals surface area contributed by atoms with Crippen molar-refractivity contribution in [3.8, 4) is 33.9 Å². The fraction of sp³-hybridized carbons (Fsp3) is 0. The number of hydrogen-bond acceptors (Lipinski definition) is 4. The predicted molar refractivity (Wildman–Crippen MR) is 123 cm³/mol. The molecule has 0 fully saturated rings. The van der Waals surface area contributed by atoms with E-state index in [0.29, 0.717) is 11.6 Å². The van der Waals surface area contributed by atoms with Crippen LogP contribution >= 0.6 is 0 Å². The van der Waals surface area contributed by atoms with E-state index in [1.165, 1.54) is 0 Å². The van der Waals surface area contributed by atoms with Crippen molar-refractivity contribution in [1.29, 1.82) is 0 Å². The van der Waals surface area contributed by atoms with Crippen LogP contribution in [-0.2, 0) is 0 Å². The summed E-state index contributed by atoms with van der Waals surface area (Å²) < 4.78 is 5.96. The van der Waals surface area contributed by atoms with E-state index in [-0.39, 0.29) is 0 Å². The van der Waals surface area contributed by atoms with Gasteiger partial charge < -0.3 is 4.42 Å². The number of furan rings is 1. The molecule has 0 unspecified atom stereocenters. The second kappa shape index (κ2) is 7.18. The van der Waals surface area contributed by atoms with Gasteiger partial charge in [0.1, 0.15) is 17.5 Å². The number of aromatic nitrogens is 3. The smallest absolute Gasteiger partial charge is 0.163 e. The van der Waals surface area contributed by atoms with Gasteiger partial charge in [0.2, 0.25) is 0 Å². The molecule has 2 aromatic heterocycles. The van der Waals surface area contributed by atoms with Gasteiger partial charge in [-0.1, -0.05) is 72.8 Å². The van der Waals surface area contributed by atoms with Crippen molar-refractivity contribution in [3.63, 3.8) is 0 Å². The normalized spacial score (nSPS) is 11.2. The number of fused-ring (bicyclic) bond motifs is 3. The topological polar surface area (TPSA) is 51.8 Å². The van der Waals surface area contributed by atoms with E-state index in [1.54, 1.807) is 6.33 Å². The fourth-order valence-corrected chi connectivity index (χ4v) is 3.91. The Morgan fingerprint density at radius 2 is 1.16 bits per heavy atom. The van der Waals surface area contributed by atoms with Crippen LogP contribution in [0.4, 0.5) is 0 Å². The van der Waals surface area contributed by atoms with Gasteiger partial charge in [0, 0.05) is 21.9 Å². The molecule has 0 aliphatic carbocycles. The SMILES string of the molecule is c1ccc(-c2ncnc(-c3cccc(-c4ccc5oc6ccccc6c5c4)c3)n2)cc1. The molecule has 31 heavy (non-hydrogen) atoms. The second-order valence-corrected chi connectivity index (χ2v) is 7.39. The molecule has 2 heterocycles. The van der Waals surface area contributed by atoms with Crippen LogP contribution in [0.25, 0.3) is 55.8 Å². The minimum absolute atomic E-state index is 0.658. The molecule has 6 aromatic rings. The third-order valence-electron chi connectivity index (χ3n) is 5.43. The molecule has 0 atom stereocenters. The van der Waals surface area contributed by atoms with Gasteiger partial charge in [-0.25, -0.2) is 15.0 Å². The summed E-state index contributed by atoms with van der Waals surface area (Å²) in [6.07, 6.45) is 1.57. The average molecular weight is 399 g/mol. The molecular formula is C27H17N3O. The molecule has 4 heteroatoms. The standard InChI is InChI=1S/C27H17N3O/c1-2-7-18(8-3-1)26-28-17-29-27(30-26)21-10-6-9-19(15-21)20-13-14-25-23(16-20)22-11-4-5-12-24(22)31-25/h1-17H. The predicted octanol–water partition coefficient (Wildman–Crippen LogP) is 6.77. The van der Waals surface area contributed by atoms with Gasteiger partial charge in [-0.3, -0.25) is 0 Å². The highest BCUT2D eigenvalue weighted by molar-refractivity contribution is 6.06. The van der Waals surface area contributed by atoms with Gasteiger partial charge in [0.05, 0.1) is 0 Å². The van der Waals surface area contributed by atoms with E-state index in [2.05, 4.69) is 40.3 Å². The van der Waals surface area contributed by atoms with Crippen LogP contribution in [-0.4, -0.2) is 15.0 Å². The second-order valence-electron chi connectivity index (χ2n) is 7.39. The van der Waals surface area contributed by atoms with Gasteiger partial charge in [-0.2, -0.15) is 0 Å². The Labute approximate surface area is 178 Å². The summed E-state index contributed by atoms with van der Waals surface area (Å²) in [5, 5.41) is 2.24. The van der Waals surface area contributed by atoms with Crippen molar-refractivity contribution in [3.05, 3.63) is 103 Å². The lowest BCUT2D eigenvalue weighted by Gasteiger charge is -2.06. The van der Waals surface area contributed by atoms with E-state index in [9.17, 15) is 0 Å². The third-order valence-corrected chi connectivity index (χ3v) is 5.43. The number of benzene rings is 4. The van der Waals surface area contributed by atoms with Crippen molar-refractivity contribution in [2.45, 2.75) is 0 Å². The van der Waals surface area contributed by atoms with Crippen molar-refractivity contribution in [2.24, 2.45) is 0 Å². The highest BCUT2D eigenvalue weighted by Crippen LogP contribution is 2.33. The van der Waals surface area contributed by atoms with Crippen molar-refractivity contribution < 1.29 is 4.42 Å². The monoisotopic (exact) mass is 399 g/mol.